The Bertz CT molecular complexity index is 42.7. The first kappa shape index (κ1) is 79.1. The molecule has 9 heteroatoms. The minimum Gasteiger partial charge on any atom is -0.358 e. The van der Waals surface area contributed by atoms with Gasteiger partial charge in [-0.25, -0.2) is 12.8 Å². The second-order valence-corrected chi connectivity index (χ2v) is 1.77. The van der Waals surface area contributed by atoms with Crippen molar-refractivity contribution in [2.24, 2.45) is 0 Å². The normalized spacial score (nSPS) is 3.79. The predicted octanol–water partition coefficient (Wildman–Crippen LogP) is 3.69. The van der Waals surface area contributed by atoms with Gasteiger partial charge in [-0.3, -0.25) is 0 Å². The minimum atomic E-state index is 0. The molecule has 0 saturated carbocycles. The fourth-order valence-electron chi connectivity index (χ4n) is 0.177. The Morgan fingerprint density at radius 2 is 0.579 bits per heavy atom. The summed E-state index contributed by atoms with van der Waals surface area (Å²) in [4.78, 5) is 0. The number of unbranched alkanes of at least 4 members (excludes halogenated alkanes) is 3. The van der Waals surface area contributed by atoms with Gasteiger partial charge in [-0.05, 0) is 0 Å². The molecule has 0 atom stereocenters. The van der Waals surface area contributed by atoms with Crippen molar-refractivity contribution in [3.63, 3.8) is 0 Å². The summed E-state index contributed by atoms with van der Waals surface area (Å²) in [5, 5.41) is 0. The predicted molar refractivity (Wildman–Crippen MR) is 50.9 cm³/mol. The molecule has 0 aliphatic carbocycles. The molecule has 0 aliphatic heterocycles. The van der Waals surface area contributed by atoms with Gasteiger partial charge in [0, 0.05) is 283 Å². The Morgan fingerprint density at radius 1 is 0.421 bits per heavy atom. The molecule has 0 amide bonds. The van der Waals surface area contributed by atoms with E-state index in [0.29, 0.717) is 0 Å². The molecule has 0 unspecified atom stereocenters. The van der Waals surface area contributed by atoms with Gasteiger partial charge in [0.15, 0.2) is 0 Å². The van der Waals surface area contributed by atoms with Crippen LogP contribution in [-0.4, -0.2) is 0 Å². The summed E-state index contributed by atoms with van der Waals surface area (Å²) in [6.07, 6.45) is 5.15. The topological polar surface area (TPSA) is 0 Å². The van der Waals surface area contributed by atoms with Crippen molar-refractivity contribution in [2.75, 3.05) is 0 Å². The van der Waals surface area contributed by atoms with Gasteiger partial charge in [-0.1, -0.05) is 0 Å². The molecular weight excluding hydrogens is 1020 g/mol. The van der Waals surface area contributed by atoms with Crippen LogP contribution >= 0.6 is 0 Å². The summed E-state index contributed by atoms with van der Waals surface area (Å²) in [6, 6.07) is 0. The fourth-order valence-corrected chi connectivity index (χ4v) is 0.177. The van der Waals surface area contributed by atoms with Crippen molar-refractivity contribution in [1.29, 1.82) is 0 Å². The molecule has 0 aliphatic rings. The monoisotopic (exact) mass is 1040 g/mol. The van der Waals surface area contributed by atoms with E-state index in [1.54, 1.807) is 0 Å². The van der Waals surface area contributed by atoms with Crippen molar-refractivity contribution in [3.8, 4) is 0 Å². The molecule has 8 radical (unpaired) electrons. The molecule has 0 fully saturated rings. The molecule has 0 bridgehead atoms. The van der Waals surface area contributed by atoms with E-state index in [0.717, 1.165) is 25.7 Å². The maximum absolute atomic E-state index is 3.64. The van der Waals surface area contributed by atoms with Crippen LogP contribution in [0.4, 0.5) is 0 Å². The van der Waals surface area contributed by atoms with Crippen molar-refractivity contribution in [1.82, 2.24) is 0 Å². The molecule has 0 nitrogen and oxygen atoms in total. The first-order valence-electron chi connectivity index (χ1n) is 3.50. The van der Waals surface area contributed by atoms with Crippen molar-refractivity contribution in [3.05, 3.63) is 35.1 Å². The smallest absolute Gasteiger partial charge is 0 e. The summed E-state index contributed by atoms with van der Waals surface area (Å²) in [5.74, 6) is 0. The number of hydrogen-bond donors (Lipinski definition) is 0. The summed E-state index contributed by atoms with van der Waals surface area (Å²) in [6.45, 7) is 14.4. The molecule has 0 aromatic heterocycles. The third-order valence-electron chi connectivity index (χ3n) is 0.750. The van der Waals surface area contributed by atoms with Gasteiger partial charge in [-0.15, -0.1) is 6.42 Å². The zero-order valence-electron chi connectivity index (χ0n) is 12.4. The van der Waals surface area contributed by atoms with Crippen LogP contribution in [0.5, 0.6) is 0 Å². The van der Waals surface area contributed by atoms with Crippen LogP contribution in [-0.2, 0) is 283 Å². The van der Waals surface area contributed by atoms with E-state index >= 15 is 0 Å². The largest absolute Gasteiger partial charge is 0.358 e. The van der Waals surface area contributed by atoms with Gasteiger partial charge >= 0.3 is 0 Å². The van der Waals surface area contributed by atoms with E-state index < -0.39 is 0 Å². The summed E-state index contributed by atoms with van der Waals surface area (Å²) >= 11 is 0. The Labute approximate surface area is 339 Å². The minimum absolute atomic E-state index is 0. The van der Waals surface area contributed by atoms with E-state index in [2.05, 4.69) is 27.7 Å². The van der Waals surface area contributed by atoms with Crippen molar-refractivity contribution in [2.45, 2.75) is 32.1 Å². The van der Waals surface area contributed by atoms with Crippen LogP contribution < -0.4 is 0 Å². The van der Waals surface area contributed by atoms with Gasteiger partial charge in [0.1, 0.15) is 0 Å². The van der Waals surface area contributed by atoms with Crippen LogP contribution in [0.2, 0.25) is 0 Å². The van der Waals surface area contributed by atoms with Gasteiger partial charge in [0.25, 0.3) is 0 Å². The molecule has 0 N–H and O–H groups in total. The van der Waals surface area contributed by atoms with Gasteiger partial charge < -0.3 is 35.1 Å². The molecule has 0 rings (SSSR count). The SMILES string of the molecule is [CH2-]CCC[CH2-].[CH2-]CC[CH2-].[CH3-].[W].[Y].[Y].[Y].[Y].[Y].[Y].[Y].[Y]. The average Bonchev–Trinajstić information content (AvgIpc) is 1.91. The molecule has 0 spiro atoms. The molecule has 0 aromatic rings. The third-order valence-corrected chi connectivity index (χ3v) is 0.750. The number of hydrogen-bond acceptors (Lipinski definition) is 0. The van der Waals surface area contributed by atoms with Gasteiger partial charge in [-0.2, -0.15) is 12.8 Å². The first-order valence-corrected chi connectivity index (χ1v) is 3.50. The van der Waals surface area contributed by atoms with E-state index in [1.165, 1.54) is 6.42 Å². The zero-order chi connectivity index (χ0) is 7.54. The summed E-state index contributed by atoms with van der Waals surface area (Å²) in [5.41, 5.74) is 0. The van der Waals surface area contributed by atoms with Crippen molar-refractivity contribution < 1.29 is 283 Å². The fraction of sp³-hybridized carbons (Fsp3) is 0.500. The second-order valence-electron chi connectivity index (χ2n) is 1.77. The Hall–Kier alpha value is 9.52. The molecule has 0 saturated heterocycles. The zero-order valence-corrected chi connectivity index (χ0v) is 38.0. The van der Waals surface area contributed by atoms with Crippen LogP contribution in [0.1, 0.15) is 32.1 Å². The van der Waals surface area contributed by atoms with E-state index in [9.17, 15) is 0 Å². The van der Waals surface area contributed by atoms with Crippen LogP contribution in [0.3, 0.4) is 0 Å². The van der Waals surface area contributed by atoms with Gasteiger partial charge in [0.2, 0.25) is 0 Å². The standard InChI is InChI=1S/C5H10.C4H8.CH3.W.8Y/c1-3-5-4-2;1-3-4-2;;;;;;;;;;/h1-5H2;1-4H2;1H3;;;;;;;;;/q2*-2;-1;;;;;;;;;. The molecule has 96 valence electrons. The van der Waals surface area contributed by atoms with Crippen LogP contribution in [0, 0.1) is 35.1 Å². The maximum atomic E-state index is 3.64. The molecule has 0 aromatic carbocycles. The van der Waals surface area contributed by atoms with Crippen LogP contribution in [0.25, 0.3) is 0 Å². The second kappa shape index (κ2) is 91.8. The van der Waals surface area contributed by atoms with E-state index in [4.69, 9.17) is 0 Å². The summed E-state index contributed by atoms with van der Waals surface area (Å²) < 4.78 is 0. The maximum Gasteiger partial charge on any atom is 0 e. The van der Waals surface area contributed by atoms with Crippen LogP contribution in [0.15, 0.2) is 0 Å². The molecular formula is C10H21WY8-5. The Balaban J connectivity index is -0.00000000340. The number of rotatable bonds is 3. The van der Waals surface area contributed by atoms with Crippen molar-refractivity contribution >= 4 is 0 Å². The quantitative estimate of drug-likeness (QED) is 0.380. The average molecular weight is 1040 g/mol. The first-order chi connectivity index (χ1) is 4.33. The summed E-state index contributed by atoms with van der Waals surface area (Å²) in [7, 11) is 0. The Kier molecular flexibility index (Phi) is 382. The molecule has 19 heavy (non-hydrogen) atoms. The molecule has 0 heterocycles. The van der Waals surface area contributed by atoms with E-state index in [1.807, 2.05) is 0 Å². The Morgan fingerprint density at radius 3 is 0.579 bits per heavy atom. The third kappa shape index (κ3) is 114. The van der Waals surface area contributed by atoms with Gasteiger partial charge in [0.05, 0.1) is 0 Å². The van der Waals surface area contributed by atoms with E-state index in [-0.39, 0.29) is 290 Å².